The van der Waals surface area contributed by atoms with E-state index >= 15 is 0 Å². The van der Waals surface area contributed by atoms with Crippen molar-refractivity contribution in [1.82, 2.24) is 10.2 Å². The number of halogens is 1. The van der Waals surface area contributed by atoms with Gasteiger partial charge < -0.3 is 30.5 Å². The van der Waals surface area contributed by atoms with Gasteiger partial charge in [-0.3, -0.25) is 9.59 Å². The second-order valence-corrected chi connectivity index (χ2v) is 10.8. The number of aliphatic hydroxyl groups is 1. The van der Waals surface area contributed by atoms with Crippen molar-refractivity contribution in [2.75, 3.05) is 19.8 Å². The summed E-state index contributed by atoms with van der Waals surface area (Å²) in [4.78, 5) is 33.0. The monoisotopic (exact) mass is 556 g/mol. The Morgan fingerprint density at radius 3 is 2.67 bits per heavy atom. The molecule has 2 heterocycles. The SMILES string of the molecule is CC(OCc1ccccc1)[C@H](NC(=O)[C@H](C)N)C(=O)N1CCCC1C1=N[C@](CO)(Cc2cccc(Cl)c2)CO1. The van der Waals surface area contributed by atoms with Crippen LogP contribution >= 0.6 is 11.6 Å². The first-order valence-corrected chi connectivity index (χ1v) is 13.7. The van der Waals surface area contributed by atoms with E-state index in [2.05, 4.69) is 5.32 Å². The molecule has 210 valence electrons. The zero-order chi connectivity index (χ0) is 28.0. The maximum Gasteiger partial charge on any atom is 0.248 e. The summed E-state index contributed by atoms with van der Waals surface area (Å²) in [5.74, 6) is -0.295. The van der Waals surface area contributed by atoms with Gasteiger partial charge in [0, 0.05) is 18.0 Å². The lowest BCUT2D eigenvalue weighted by molar-refractivity contribution is -0.141. The first-order valence-electron chi connectivity index (χ1n) is 13.3. The van der Waals surface area contributed by atoms with Gasteiger partial charge in [-0.25, -0.2) is 4.99 Å². The number of rotatable bonds is 11. The van der Waals surface area contributed by atoms with Crippen LogP contribution in [0.5, 0.6) is 0 Å². The van der Waals surface area contributed by atoms with Crippen LogP contribution in [0.4, 0.5) is 0 Å². The number of aliphatic imine (C=N–C) groups is 1. The Balaban J connectivity index is 1.52. The van der Waals surface area contributed by atoms with E-state index in [-0.39, 0.29) is 19.1 Å². The molecular weight excluding hydrogens is 520 g/mol. The molecule has 10 heteroatoms. The highest BCUT2D eigenvalue weighted by atomic mass is 35.5. The van der Waals surface area contributed by atoms with E-state index < -0.39 is 35.7 Å². The lowest BCUT2D eigenvalue weighted by Crippen LogP contribution is -2.58. The standard InChI is InChI=1S/C29H37ClN4O5/c1-19(31)26(36)32-25(20(2)38-16-21-8-4-3-5-9-21)28(37)34-13-7-12-24(34)27-33-29(17-35,18-39-27)15-22-10-6-11-23(30)14-22/h3-6,8-11,14,19-20,24-25,35H,7,12-13,15-18,31H2,1-2H3,(H,32,36)/t19-,20?,24?,25-,29-/m0/s1. The summed E-state index contributed by atoms with van der Waals surface area (Å²) in [6.07, 6.45) is 1.25. The zero-order valence-corrected chi connectivity index (χ0v) is 23.1. The predicted octanol–water partition coefficient (Wildman–Crippen LogP) is 2.47. The number of nitrogens with zero attached hydrogens (tertiary/aromatic N) is 2. The van der Waals surface area contributed by atoms with E-state index in [0.717, 1.165) is 17.5 Å². The van der Waals surface area contributed by atoms with Crippen molar-refractivity contribution in [3.8, 4) is 0 Å². The van der Waals surface area contributed by atoms with Gasteiger partial charge in [-0.1, -0.05) is 54.1 Å². The average Bonchev–Trinajstić information content (AvgIpc) is 3.58. The predicted molar refractivity (Wildman–Crippen MR) is 149 cm³/mol. The summed E-state index contributed by atoms with van der Waals surface area (Å²) >= 11 is 6.15. The molecule has 0 spiro atoms. The minimum absolute atomic E-state index is 0.200. The molecule has 2 aliphatic rings. The molecule has 0 saturated carbocycles. The number of nitrogens with one attached hydrogen (secondary N) is 1. The summed E-state index contributed by atoms with van der Waals surface area (Å²) in [7, 11) is 0. The van der Waals surface area contributed by atoms with Crippen molar-refractivity contribution in [3.05, 3.63) is 70.7 Å². The molecular formula is C29H37ClN4O5. The molecule has 0 aliphatic carbocycles. The van der Waals surface area contributed by atoms with Crippen LogP contribution in [0.1, 0.15) is 37.8 Å². The van der Waals surface area contributed by atoms with Crippen molar-refractivity contribution in [2.45, 2.75) is 69.5 Å². The largest absolute Gasteiger partial charge is 0.477 e. The van der Waals surface area contributed by atoms with Gasteiger partial charge >= 0.3 is 0 Å². The summed E-state index contributed by atoms with van der Waals surface area (Å²) < 4.78 is 12.0. The molecule has 0 bridgehead atoms. The van der Waals surface area contributed by atoms with E-state index in [9.17, 15) is 14.7 Å². The van der Waals surface area contributed by atoms with Crippen molar-refractivity contribution in [1.29, 1.82) is 0 Å². The van der Waals surface area contributed by atoms with E-state index in [1.165, 1.54) is 0 Å². The van der Waals surface area contributed by atoms with Crippen LogP contribution in [0.25, 0.3) is 0 Å². The Bertz CT molecular complexity index is 1180. The lowest BCUT2D eigenvalue weighted by atomic mass is 9.93. The fourth-order valence-corrected chi connectivity index (χ4v) is 5.17. The van der Waals surface area contributed by atoms with Crippen LogP contribution in [0, 0.1) is 0 Å². The summed E-state index contributed by atoms with van der Waals surface area (Å²) in [5, 5.41) is 13.7. The quantitative estimate of drug-likeness (QED) is 0.390. The Morgan fingerprint density at radius 1 is 1.23 bits per heavy atom. The molecule has 1 fully saturated rings. The lowest BCUT2D eigenvalue weighted by Gasteiger charge is -2.32. The summed E-state index contributed by atoms with van der Waals surface area (Å²) in [6.45, 7) is 4.11. The molecule has 4 N–H and O–H groups in total. The van der Waals surface area contributed by atoms with Gasteiger partial charge in [0.05, 0.1) is 25.4 Å². The van der Waals surface area contributed by atoms with Gasteiger partial charge in [0.25, 0.3) is 0 Å². The maximum absolute atomic E-state index is 13.9. The molecule has 5 atom stereocenters. The zero-order valence-electron chi connectivity index (χ0n) is 22.4. The molecule has 2 aliphatic heterocycles. The van der Waals surface area contributed by atoms with Crippen LogP contribution in [-0.2, 0) is 32.1 Å². The smallest absolute Gasteiger partial charge is 0.248 e. The highest BCUT2D eigenvalue weighted by Gasteiger charge is 2.44. The second kappa shape index (κ2) is 12.9. The number of likely N-dealkylation sites (tertiary alicyclic amines) is 1. The van der Waals surface area contributed by atoms with Crippen molar-refractivity contribution in [3.63, 3.8) is 0 Å². The molecule has 1 saturated heterocycles. The molecule has 0 aromatic heterocycles. The Morgan fingerprint density at radius 2 is 1.97 bits per heavy atom. The fraction of sp³-hybridized carbons (Fsp3) is 0.483. The first-order chi connectivity index (χ1) is 18.7. The minimum Gasteiger partial charge on any atom is -0.477 e. The van der Waals surface area contributed by atoms with Crippen LogP contribution in [-0.4, -0.2) is 77.2 Å². The van der Waals surface area contributed by atoms with Gasteiger partial charge in [-0.05, 0) is 49.9 Å². The van der Waals surface area contributed by atoms with Crippen LogP contribution in [0.15, 0.2) is 59.6 Å². The van der Waals surface area contributed by atoms with Gasteiger partial charge in [-0.2, -0.15) is 0 Å². The normalized spacial score (nSPS) is 23.1. The number of hydrogen-bond acceptors (Lipinski definition) is 7. The molecule has 2 aromatic carbocycles. The van der Waals surface area contributed by atoms with Crippen LogP contribution in [0.2, 0.25) is 5.02 Å². The van der Waals surface area contributed by atoms with Gasteiger partial charge in [0.15, 0.2) is 0 Å². The summed E-state index contributed by atoms with van der Waals surface area (Å²) in [6, 6.07) is 14.9. The highest BCUT2D eigenvalue weighted by Crippen LogP contribution is 2.30. The number of amides is 2. The van der Waals surface area contributed by atoms with Crippen LogP contribution < -0.4 is 11.1 Å². The second-order valence-electron chi connectivity index (χ2n) is 10.4. The average molecular weight is 557 g/mol. The number of carbonyl (C=O) groups excluding carboxylic acids is 2. The number of ether oxygens (including phenoxy) is 2. The van der Waals surface area contributed by atoms with Gasteiger partial charge in [-0.15, -0.1) is 0 Å². The molecule has 2 unspecified atom stereocenters. The Labute approximate surface area is 234 Å². The third-order valence-electron chi connectivity index (χ3n) is 7.18. The maximum atomic E-state index is 13.9. The van der Waals surface area contributed by atoms with Crippen molar-refractivity contribution < 1.29 is 24.2 Å². The van der Waals surface area contributed by atoms with E-state index in [0.29, 0.717) is 36.9 Å². The van der Waals surface area contributed by atoms with Gasteiger partial charge in [0.2, 0.25) is 17.7 Å². The number of carbonyl (C=O) groups is 2. The number of benzene rings is 2. The first kappa shape index (κ1) is 29.0. The molecule has 2 aromatic rings. The van der Waals surface area contributed by atoms with E-state index in [1.54, 1.807) is 24.8 Å². The third-order valence-corrected chi connectivity index (χ3v) is 7.41. The van der Waals surface area contributed by atoms with Crippen molar-refractivity contribution in [2.24, 2.45) is 10.7 Å². The minimum atomic E-state index is -0.941. The molecule has 4 rings (SSSR count). The van der Waals surface area contributed by atoms with Crippen LogP contribution in [0.3, 0.4) is 0 Å². The van der Waals surface area contributed by atoms with E-state index in [1.807, 2.05) is 48.5 Å². The topological polar surface area (TPSA) is 126 Å². The third kappa shape index (κ3) is 7.16. The van der Waals surface area contributed by atoms with Gasteiger partial charge in [0.1, 0.15) is 24.2 Å². The fourth-order valence-electron chi connectivity index (χ4n) is 4.96. The molecule has 2 amide bonds. The molecule has 0 radical (unpaired) electrons. The summed E-state index contributed by atoms with van der Waals surface area (Å²) in [5.41, 5.74) is 6.84. The van der Waals surface area contributed by atoms with Crippen molar-refractivity contribution >= 4 is 29.3 Å². The highest BCUT2D eigenvalue weighted by molar-refractivity contribution is 6.30. The van der Waals surface area contributed by atoms with E-state index in [4.69, 9.17) is 31.8 Å². The Kier molecular flexibility index (Phi) is 9.61. The number of hydrogen-bond donors (Lipinski definition) is 3. The molecule has 9 nitrogen and oxygen atoms in total. The number of nitrogens with two attached hydrogens (primary N) is 1. The molecule has 39 heavy (non-hydrogen) atoms. The number of aliphatic hydroxyl groups excluding tert-OH is 1. The Hall–Kier alpha value is -2.98.